The highest BCUT2D eigenvalue weighted by Crippen LogP contribution is 2.20. The van der Waals surface area contributed by atoms with Gasteiger partial charge in [-0.05, 0) is 23.3 Å². The molecule has 0 aromatic heterocycles. The molecular formula is C13H14N2O. The van der Waals surface area contributed by atoms with Crippen molar-refractivity contribution in [1.29, 1.82) is 0 Å². The lowest BCUT2D eigenvalue weighted by molar-refractivity contribution is -0.120. The first-order chi connectivity index (χ1) is 7.70. The molecule has 0 spiro atoms. The number of aryl methyl sites for hydroxylation is 1. The fourth-order valence-electron chi connectivity index (χ4n) is 1.83. The molecule has 0 aliphatic rings. The lowest BCUT2D eigenvalue weighted by Gasteiger charge is -2.06. The Morgan fingerprint density at radius 2 is 2.12 bits per heavy atom. The minimum Gasteiger partial charge on any atom is -0.294 e. The van der Waals surface area contributed by atoms with Crippen molar-refractivity contribution >= 4 is 16.7 Å². The summed E-state index contributed by atoms with van der Waals surface area (Å²) < 4.78 is 0. The second kappa shape index (κ2) is 4.33. The third-order valence-corrected chi connectivity index (χ3v) is 2.64. The zero-order valence-electron chi connectivity index (χ0n) is 9.16. The van der Waals surface area contributed by atoms with Crippen LogP contribution in [0.25, 0.3) is 10.8 Å². The summed E-state index contributed by atoms with van der Waals surface area (Å²) in [6, 6.07) is 12.2. The molecule has 2 aromatic carbocycles. The molecule has 0 atom stereocenters. The molecule has 3 N–H and O–H groups in total. The number of rotatable bonds is 2. The highest BCUT2D eigenvalue weighted by atomic mass is 16.2. The normalized spacial score (nSPS) is 10.4. The van der Waals surface area contributed by atoms with Gasteiger partial charge in [0, 0.05) is 0 Å². The zero-order chi connectivity index (χ0) is 11.5. The average Bonchev–Trinajstić information content (AvgIpc) is 2.29. The summed E-state index contributed by atoms with van der Waals surface area (Å²) in [6.07, 6.45) is 0.317. The lowest BCUT2D eigenvalue weighted by Crippen LogP contribution is -2.31. The summed E-state index contributed by atoms with van der Waals surface area (Å²) in [5, 5.41) is 2.26. The summed E-state index contributed by atoms with van der Waals surface area (Å²) in [5.74, 6) is 4.92. The van der Waals surface area contributed by atoms with Crippen LogP contribution >= 0.6 is 0 Å². The van der Waals surface area contributed by atoms with E-state index in [4.69, 9.17) is 5.84 Å². The van der Waals surface area contributed by atoms with Crippen molar-refractivity contribution in [2.75, 3.05) is 0 Å². The first-order valence-corrected chi connectivity index (χ1v) is 5.18. The van der Waals surface area contributed by atoms with Gasteiger partial charge in [-0.3, -0.25) is 10.2 Å². The van der Waals surface area contributed by atoms with Gasteiger partial charge in [-0.25, -0.2) is 5.84 Å². The van der Waals surface area contributed by atoms with E-state index in [9.17, 15) is 4.79 Å². The number of nitrogens with one attached hydrogen (secondary N) is 1. The maximum absolute atomic E-state index is 11.3. The number of hydrogen-bond donors (Lipinski definition) is 2. The van der Waals surface area contributed by atoms with Crippen LogP contribution < -0.4 is 11.3 Å². The van der Waals surface area contributed by atoms with Gasteiger partial charge in [0.05, 0.1) is 6.42 Å². The van der Waals surface area contributed by atoms with Crippen LogP contribution in [-0.4, -0.2) is 5.91 Å². The molecule has 0 aliphatic heterocycles. The first kappa shape index (κ1) is 10.6. The number of benzene rings is 2. The molecule has 2 rings (SSSR count). The standard InChI is InChI=1S/C13H14N2O/c1-9-5-6-10-3-2-4-11(12(10)7-9)8-13(16)15-14/h2-7H,8,14H2,1H3,(H,15,16). The van der Waals surface area contributed by atoms with Crippen LogP contribution in [0.15, 0.2) is 36.4 Å². The van der Waals surface area contributed by atoms with E-state index in [1.165, 1.54) is 5.56 Å². The Bertz CT molecular complexity index is 534. The molecular weight excluding hydrogens is 200 g/mol. The number of carbonyl (C=O) groups excluding carboxylic acids is 1. The SMILES string of the molecule is Cc1ccc2cccc(CC(=O)NN)c2c1. The summed E-state index contributed by atoms with van der Waals surface area (Å²) >= 11 is 0. The van der Waals surface area contributed by atoms with Crippen LogP contribution in [0.5, 0.6) is 0 Å². The Hall–Kier alpha value is -1.87. The predicted molar refractivity (Wildman–Crippen MR) is 64.7 cm³/mol. The lowest BCUT2D eigenvalue weighted by atomic mass is 10.0. The van der Waals surface area contributed by atoms with E-state index in [-0.39, 0.29) is 5.91 Å². The van der Waals surface area contributed by atoms with Crippen LogP contribution in [0.3, 0.4) is 0 Å². The summed E-state index contributed by atoms with van der Waals surface area (Å²) in [6.45, 7) is 2.04. The minimum atomic E-state index is -0.172. The molecule has 1 amide bonds. The largest absolute Gasteiger partial charge is 0.294 e. The van der Waals surface area contributed by atoms with Crippen LogP contribution in [0, 0.1) is 6.92 Å². The maximum Gasteiger partial charge on any atom is 0.238 e. The van der Waals surface area contributed by atoms with Gasteiger partial charge >= 0.3 is 0 Å². The van der Waals surface area contributed by atoms with Crippen molar-refractivity contribution in [2.24, 2.45) is 5.84 Å². The summed E-state index contributed by atoms with van der Waals surface area (Å²) in [7, 11) is 0. The molecule has 0 radical (unpaired) electrons. The molecule has 0 fully saturated rings. The van der Waals surface area contributed by atoms with Gasteiger partial charge in [0.25, 0.3) is 0 Å². The van der Waals surface area contributed by atoms with Gasteiger partial charge in [-0.1, -0.05) is 42.0 Å². The van der Waals surface area contributed by atoms with Crippen LogP contribution in [0.1, 0.15) is 11.1 Å². The van der Waals surface area contributed by atoms with E-state index >= 15 is 0 Å². The van der Waals surface area contributed by atoms with Crippen molar-refractivity contribution in [3.63, 3.8) is 0 Å². The molecule has 0 saturated heterocycles. The molecule has 0 bridgehead atoms. The van der Waals surface area contributed by atoms with Crippen LogP contribution in [0.4, 0.5) is 0 Å². The van der Waals surface area contributed by atoms with Crippen molar-refractivity contribution in [2.45, 2.75) is 13.3 Å². The Kier molecular flexibility index (Phi) is 2.88. The quantitative estimate of drug-likeness (QED) is 0.454. The molecule has 16 heavy (non-hydrogen) atoms. The Morgan fingerprint density at radius 1 is 1.31 bits per heavy atom. The van der Waals surface area contributed by atoms with E-state index in [1.807, 2.05) is 25.1 Å². The fraction of sp³-hybridized carbons (Fsp3) is 0.154. The van der Waals surface area contributed by atoms with E-state index in [0.717, 1.165) is 16.3 Å². The van der Waals surface area contributed by atoms with E-state index in [2.05, 4.69) is 23.6 Å². The zero-order valence-corrected chi connectivity index (χ0v) is 9.16. The first-order valence-electron chi connectivity index (χ1n) is 5.18. The number of amides is 1. The maximum atomic E-state index is 11.3. The predicted octanol–water partition coefficient (Wildman–Crippen LogP) is 1.68. The van der Waals surface area contributed by atoms with Gasteiger partial charge in [-0.2, -0.15) is 0 Å². The van der Waals surface area contributed by atoms with Crippen molar-refractivity contribution < 1.29 is 4.79 Å². The minimum absolute atomic E-state index is 0.172. The second-order valence-corrected chi connectivity index (χ2v) is 3.89. The molecule has 2 aromatic rings. The molecule has 3 nitrogen and oxygen atoms in total. The van der Waals surface area contributed by atoms with Gasteiger partial charge < -0.3 is 0 Å². The Balaban J connectivity index is 2.52. The van der Waals surface area contributed by atoms with Gasteiger partial charge in [-0.15, -0.1) is 0 Å². The third-order valence-electron chi connectivity index (χ3n) is 2.64. The highest BCUT2D eigenvalue weighted by molar-refractivity contribution is 5.90. The fourth-order valence-corrected chi connectivity index (χ4v) is 1.83. The number of fused-ring (bicyclic) bond motifs is 1. The Morgan fingerprint density at radius 3 is 2.88 bits per heavy atom. The van der Waals surface area contributed by atoms with Crippen molar-refractivity contribution in [1.82, 2.24) is 5.43 Å². The molecule has 82 valence electrons. The van der Waals surface area contributed by atoms with Crippen LogP contribution in [-0.2, 0) is 11.2 Å². The van der Waals surface area contributed by atoms with Gasteiger partial charge in [0.15, 0.2) is 0 Å². The van der Waals surface area contributed by atoms with Crippen LogP contribution in [0.2, 0.25) is 0 Å². The molecule has 0 aliphatic carbocycles. The summed E-state index contributed by atoms with van der Waals surface area (Å²) in [5.41, 5.74) is 4.35. The third kappa shape index (κ3) is 2.04. The van der Waals surface area contributed by atoms with Gasteiger partial charge in [0.2, 0.25) is 5.91 Å². The topological polar surface area (TPSA) is 55.1 Å². The number of carbonyl (C=O) groups is 1. The van der Waals surface area contributed by atoms with E-state index < -0.39 is 0 Å². The van der Waals surface area contributed by atoms with Crippen molar-refractivity contribution in [3.05, 3.63) is 47.5 Å². The molecule has 0 unspecified atom stereocenters. The summed E-state index contributed by atoms with van der Waals surface area (Å²) in [4.78, 5) is 11.3. The number of hydrogen-bond acceptors (Lipinski definition) is 2. The average molecular weight is 214 g/mol. The second-order valence-electron chi connectivity index (χ2n) is 3.89. The van der Waals surface area contributed by atoms with Gasteiger partial charge in [0.1, 0.15) is 0 Å². The number of nitrogens with two attached hydrogens (primary N) is 1. The van der Waals surface area contributed by atoms with Crippen molar-refractivity contribution in [3.8, 4) is 0 Å². The smallest absolute Gasteiger partial charge is 0.238 e. The highest BCUT2D eigenvalue weighted by Gasteiger charge is 2.05. The number of hydrazine groups is 1. The Labute approximate surface area is 94.2 Å². The molecule has 3 heteroatoms. The molecule has 0 heterocycles. The monoisotopic (exact) mass is 214 g/mol. The van der Waals surface area contributed by atoms with E-state index in [1.54, 1.807) is 0 Å². The molecule has 0 saturated carbocycles. The van der Waals surface area contributed by atoms with E-state index in [0.29, 0.717) is 6.42 Å².